The van der Waals surface area contributed by atoms with E-state index in [2.05, 4.69) is 10.4 Å². The number of amides is 2. The Bertz CT molecular complexity index is 774. The summed E-state index contributed by atoms with van der Waals surface area (Å²) >= 11 is 0. The maximum Gasteiger partial charge on any atom is 0.289 e. The van der Waals surface area contributed by atoms with E-state index in [4.69, 9.17) is 4.42 Å². The van der Waals surface area contributed by atoms with Crippen molar-refractivity contribution in [2.24, 2.45) is 7.05 Å². The smallest absolute Gasteiger partial charge is 0.289 e. The van der Waals surface area contributed by atoms with Crippen molar-refractivity contribution in [1.29, 1.82) is 0 Å². The fraction of sp³-hybridized carbons (Fsp3) is 0.471. The quantitative estimate of drug-likeness (QED) is 0.841. The second-order valence-electron chi connectivity index (χ2n) is 6.40. The molecule has 2 aliphatic rings. The third kappa shape index (κ3) is 2.82. The Morgan fingerprint density at radius 2 is 2.00 bits per heavy atom. The number of fused-ring (bicyclic) bond motifs is 1. The Hall–Kier alpha value is -2.61. The molecule has 8 nitrogen and oxygen atoms in total. The van der Waals surface area contributed by atoms with Gasteiger partial charge in [-0.2, -0.15) is 5.10 Å². The van der Waals surface area contributed by atoms with Gasteiger partial charge in [0.25, 0.3) is 5.91 Å². The highest BCUT2D eigenvalue weighted by Gasteiger charge is 2.34. The van der Waals surface area contributed by atoms with Crippen LogP contribution in [0.2, 0.25) is 0 Å². The highest BCUT2D eigenvalue weighted by Crippen LogP contribution is 2.24. The van der Waals surface area contributed by atoms with Crippen molar-refractivity contribution in [3.05, 3.63) is 41.6 Å². The molecule has 0 aromatic carbocycles. The first-order chi connectivity index (χ1) is 12.1. The maximum atomic E-state index is 12.9. The van der Waals surface area contributed by atoms with Gasteiger partial charge in [-0.25, -0.2) is 0 Å². The van der Waals surface area contributed by atoms with E-state index in [1.807, 2.05) is 16.6 Å². The van der Waals surface area contributed by atoms with Crippen LogP contribution in [0.3, 0.4) is 0 Å². The lowest BCUT2D eigenvalue weighted by Crippen LogP contribution is -2.53. The molecule has 0 aliphatic carbocycles. The predicted octanol–water partition coefficient (Wildman–Crippen LogP) is 0.185. The van der Waals surface area contributed by atoms with Gasteiger partial charge < -0.3 is 19.5 Å². The molecule has 0 bridgehead atoms. The number of hydrogen-bond donors (Lipinski definition) is 1. The van der Waals surface area contributed by atoms with E-state index in [0.29, 0.717) is 31.9 Å². The minimum Gasteiger partial charge on any atom is -0.459 e. The monoisotopic (exact) mass is 343 g/mol. The Kier molecular flexibility index (Phi) is 4.04. The van der Waals surface area contributed by atoms with Crippen molar-refractivity contribution in [1.82, 2.24) is 24.9 Å². The molecule has 1 atom stereocenters. The van der Waals surface area contributed by atoms with Crippen LogP contribution in [-0.4, -0.2) is 64.1 Å². The van der Waals surface area contributed by atoms with Crippen LogP contribution in [0.1, 0.15) is 27.9 Å². The SMILES string of the molecule is Cn1ncc2c1CCNC2C(=O)N1CCN(C(=O)c2ccco2)CC1. The summed E-state index contributed by atoms with van der Waals surface area (Å²) in [6.07, 6.45) is 4.15. The minimum atomic E-state index is -0.343. The number of nitrogens with one attached hydrogen (secondary N) is 1. The average Bonchev–Trinajstić information content (AvgIpc) is 3.31. The Morgan fingerprint density at radius 3 is 2.72 bits per heavy atom. The lowest BCUT2D eigenvalue weighted by Gasteiger charge is -2.37. The zero-order chi connectivity index (χ0) is 17.4. The van der Waals surface area contributed by atoms with Crippen LogP contribution < -0.4 is 5.32 Å². The molecule has 4 rings (SSSR count). The van der Waals surface area contributed by atoms with Gasteiger partial charge in [0.05, 0.1) is 12.5 Å². The van der Waals surface area contributed by atoms with Gasteiger partial charge in [-0.1, -0.05) is 0 Å². The molecule has 25 heavy (non-hydrogen) atoms. The molecule has 8 heteroatoms. The number of carbonyl (C=O) groups is 2. The predicted molar refractivity (Wildman–Crippen MR) is 88.8 cm³/mol. The Morgan fingerprint density at radius 1 is 1.24 bits per heavy atom. The zero-order valence-electron chi connectivity index (χ0n) is 14.1. The molecule has 2 aromatic rings. The second kappa shape index (κ2) is 6.36. The molecule has 1 N–H and O–H groups in total. The summed E-state index contributed by atoms with van der Waals surface area (Å²) in [5.74, 6) is 0.273. The van der Waals surface area contributed by atoms with Crippen molar-refractivity contribution >= 4 is 11.8 Å². The minimum absolute atomic E-state index is 0.0547. The van der Waals surface area contributed by atoms with Gasteiger partial charge in [-0.05, 0) is 12.1 Å². The van der Waals surface area contributed by atoms with E-state index < -0.39 is 0 Å². The van der Waals surface area contributed by atoms with Crippen LogP contribution in [0.25, 0.3) is 0 Å². The van der Waals surface area contributed by atoms with E-state index in [1.54, 1.807) is 23.2 Å². The summed E-state index contributed by atoms with van der Waals surface area (Å²) in [5.41, 5.74) is 2.08. The first-order valence-electron chi connectivity index (χ1n) is 8.51. The third-order valence-electron chi connectivity index (χ3n) is 4.97. The van der Waals surface area contributed by atoms with Crippen molar-refractivity contribution < 1.29 is 14.0 Å². The molecule has 1 saturated heterocycles. The second-order valence-corrected chi connectivity index (χ2v) is 6.40. The number of piperazine rings is 1. The number of furan rings is 1. The van der Waals surface area contributed by atoms with Crippen LogP contribution in [-0.2, 0) is 18.3 Å². The normalized spacial score (nSPS) is 20.4. The van der Waals surface area contributed by atoms with Gasteiger partial charge in [0.1, 0.15) is 6.04 Å². The largest absolute Gasteiger partial charge is 0.459 e. The van der Waals surface area contributed by atoms with E-state index in [-0.39, 0.29) is 17.9 Å². The van der Waals surface area contributed by atoms with Gasteiger partial charge in [-0.3, -0.25) is 14.3 Å². The van der Waals surface area contributed by atoms with Crippen LogP contribution >= 0.6 is 0 Å². The number of aryl methyl sites for hydroxylation is 1. The number of aromatic nitrogens is 2. The van der Waals surface area contributed by atoms with E-state index >= 15 is 0 Å². The van der Waals surface area contributed by atoms with Gasteiger partial charge in [0.15, 0.2) is 5.76 Å². The molecular weight excluding hydrogens is 322 g/mol. The zero-order valence-corrected chi connectivity index (χ0v) is 14.1. The first kappa shape index (κ1) is 15.9. The first-order valence-corrected chi connectivity index (χ1v) is 8.51. The molecule has 2 aromatic heterocycles. The van der Waals surface area contributed by atoms with Crippen LogP contribution in [0.5, 0.6) is 0 Å². The number of carbonyl (C=O) groups excluding carboxylic acids is 2. The summed E-state index contributed by atoms with van der Waals surface area (Å²) in [5, 5.41) is 7.58. The average molecular weight is 343 g/mol. The molecule has 0 radical (unpaired) electrons. The van der Waals surface area contributed by atoms with E-state index in [0.717, 1.165) is 24.2 Å². The molecule has 2 aliphatic heterocycles. The lowest BCUT2D eigenvalue weighted by molar-refractivity contribution is -0.135. The van der Waals surface area contributed by atoms with Crippen molar-refractivity contribution in [3.63, 3.8) is 0 Å². The van der Waals surface area contributed by atoms with E-state index in [9.17, 15) is 9.59 Å². The summed E-state index contributed by atoms with van der Waals surface area (Å²) in [6, 6.07) is 3.02. The van der Waals surface area contributed by atoms with Gasteiger partial charge in [0, 0.05) is 57.4 Å². The Balaban J connectivity index is 1.41. The number of hydrogen-bond acceptors (Lipinski definition) is 5. The molecule has 1 fully saturated rings. The molecule has 132 valence electrons. The molecule has 0 spiro atoms. The standard InChI is InChI=1S/C17H21N5O3/c1-20-13-4-5-18-15(12(13)11-19-20)17(24)22-8-6-21(7-9-22)16(23)14-3-2-10-25-14/h2-3,10-11,15,18H,4-9H2,1H3. The maximum absolute atomic E-state index is 12.9. The van der Waals surface area contributed by atoms with Crippen LogP contribution in [0.4, 0.5) is 0 Å². The Labute approximate surface area is 145 Å². The summed E-state index contributed by atoms with van der Waals surface area (Å²) in [6.45, 7) is 2.84. The van der Waals surface area contributed by atoms with Crippen molar-refractivity contribution in [2.75, 3.05) is 32.7 Å². The lowest BCUT2D eigenvalue weighted by atomic mass is 10.00. The summed E-state index contributed by atoms with van der Waals surface area (Å²) < 4.78 is 7.01. The van der Waals surface area contributed by atoms with Gasteiger partial charge >= 0.3 is 0 Å². The van der Waals surface area contributed by atoms with Gasteiger partial charge in [-0.15, -0.1) is 0 Å². The highest BCUT2D eigenvalue weighted by molar-refractivity contribution is 5.91. The third-order valence-corrected chi connectivity index (χ3v) is 4.97. The van der Waals surface area contributed by atoms with Crippen LogP contribution in [0, 0.1) is 0 Å². The number of nitrogens with zero attached hydrogens (tertiary/aromatic N) is 4. The van der Waals surface area contributed by atoms with Crippen molar-refractivity contribution in [2.45, 2.75) is 12.5 Å². The van der Waals surface area contributed by atoms with Crippen molar-refractivity contribution in [3.8, 4) is 0 Å². The molecule has 2 amide bonds. The topological polar surface area (TPSA) is 83.6 Å². The molecule has 1 unspecified atom stereocenters. The summed E-state index contributed by atoms with van der Waals surface area (Å²) in [7, 11) is 1.91. The van der Waals surface area contributed by atoms with Crippen LogP contribution in [0.15, 0.2) is 29.0 Å². The highest BCUT2D eigenvalue weighted by atomic mass is 16.3. The molecule has 0 saturated carbocycles. The van der Waals surface area contributed by atoms with Gasteiger partial charge in [0.2, 0.25) is 5.91 Å². The fourth-order valence-corrected chi connectivity index (χ4v) is 3.56. The molecular formula is C17H21N5O3. The molecule has 4 heterocycles. The summed E-state index contributed by atoms with van der Waals surface area (Å²) in [4.78, 5) is 28.8. The van der Waals surface area contributed by atoms with E-state index in [1.165, 1.54) is 6.26 Å². The fourth-order valence-electron chi connectivity index (χ4n) is 3.56. The number of rotatable bonds is 2.